The molecule has 124 valence electrons. The van der Waals surface area contributed by atoms with Crippen molar-refractivity contribution in [2.45, 2.75) is 46.5 Å². The third-order valence-corrected chi connectivity index (χ3v) is 2.69. The Hall–Kier alpha value is -2.04. The van der Waals surface area contributed by atoms with Gasteiger partial charge >= 0.3 is 11.9 Å². The van der Waals surface area contributed by atoms with Crippen molar-refractivity contribution >= 4 is 11.9 Å². The molecule has 0 fully saturated rings. The number of ether oxygens (including phenoxy) is 2. The summed E-state index contributed by atoms with van der Waals surface area (Å²) in [6, 6.07) is 6.30. The van der Waals surface area contributed by atoms with Crippen LogP contribution in [0.1, 0.15) is 56.8 Å². The van der Waals surface area contributed by atoms with Crippen LogP contribution >= 0.6 is 0 Å². The van der Waals surface area contributed by atoms with Crippen LogP contribution in [0.25, 0.3) is 0 Å². The predicted molar refractivity (Wildman–Crippen MR) is 84.8 cm³/mol. The Kier molecular flexibility index (Phi) is 11.5. The van der Waals surface area contributed by atoms with Crippen LogP contribution in [-0.4, -0.2) is 30.3 Å². The van der Waals surface area contributed by atoms with E-state index in [2.05, 4.69) is 6.92 Å². The number of hydrogen-bond acceptors (Lipinski definition) is 5. The maximum Gasteiger partial charge on any atom is 0.341 e. The Labute approximate surface area is 132 Å². The molecule has 1 aromatic rings. The fraction of sp³-hybridized carbons (Fsp3) is 0.529. The number of rotatable bonds is 7. The predicted octanol–water partition coefficient (Wildman–Crippen LogP) is 3.70. The number of para-hydroxylation sites is 1. The minimum Gasteiger partial charge on any atom is -0.507 e. The molecule has 0 saturated heterocycles. The fourth-order valence-electron chi connectivity index (χ4n) is 1.61. The van der Waals surface area contributed by atoms with Crippen molar-refractivity contribution in [1.82, 2.24) is 0 Å². The molecule has 0 aliphatic rings. The van der Waals surface area contributed by atoms with E-state index in [1.54, 1.807) is 19.1 Å². The van der Waals surface area contributed by atoms with Crippen molar-refractivity contribution in [1.29, 1.82) is 0 Å². The molecule has 0 saturated carbocycles. The summed E-state index contributed by atoms with van der Waals surface area (Å²) in [7, 11) is 0. The number of carbonyl (C=O) groups excluding carboxylic acids is 2. The lowest BCUT2D eigenvalue weighted by Gasteiger charge is -2.02. The number of aromatic hydroxyl groups is 1. The number of phenolic OH excluding ortho intramolecular Hbond substituents is 1. The Morgan fingerprint density at radius 2 is 1.64 bits per heavy atom. The Morgan fingerprint density at radius 3 is 2.18 bits per heavy atom. The van der Waals surface area contributed by atoms with Gasteiger partial charge in [0, 0.05) is 6.42 Å². The lowest BCUT2D eigenvalue weighted by atomic mass is 10.2. The van der Waals surface area contributed by atoms with Crippen LogP contribution in [0, 0.1) is 0 Å². The highest BCUT2D eigenvalue weighted by Crippen LogP contribution is 2.16. The second-order valence-electron chi connectivity index (χ2n) is 4.50. The molecule has 0 atom stereocenters. The molecular formula is C17H26O5. The molecule has 5 nitrogen and oxygen atoms in total. The van der Waals surface area contributed by atoms with Gasteiger partial charge in [-0.05, 0) is 32.4 Å². The average molecular weight is 310 g/mol. The number of carbonyl (C=O) groups is 2. The van der Waals surface area contributed by atoms with Gasteiger partial charge in [0.25, 0.3) is 0 Å². The Morgan fingerprint density at radius 1 is 1.00 bits per heavy atom. The zero-order valence-corrected chi connectivity index (χ0v) is 13.6. The molecule has 1 aromatic carbocycles. The second kappa shape index (κ2) is 12.7. The SMILES string of the molecule is CCCCCC(=O)OCC.CCOC(=O)c1ccccc1O. The highest BCUT2D eigenvalue weighted by molar-refractivity contribution is 5.92. The summed E-state index contributed by atoms with van der Waals surface area (Å²) >= 11 is 0. The van der Waals surface area contributed by atoms with Crippen LogP contribution in [0.15, 0.2) is 24.3 Å². The topological polar surface area (TPSA) is 72.8 Å². The number of benzene rings is 1. The first-order valence-corrected chi connectivity index (χ1v) is 7.67. The van der Waals surface area contributed by atoms with Crippen molar-refractivity contribution in [2.75, 3.05) is 13.2 Å². The zero-order chi connectivity index (χ0) is 16.8. The van der Waals surface area contributed by atoms with E-state index >= 15 is 0 Å². The molecular weight excluding hydrogens is 284 g/mol. The molecule has 0 spiro atoms. The molecule has 0 aliphatic heterocycles. The molecule has 1 rings (SSSR count). The second-order valence-corrected chi connectivity index (χ2v) is 4.50. The van der Waals surface area contributed by atoms with E-state index in [0.717, 1.165) is 19.3 Å². The molecule has 0 aliphatic carbocycles. The summed E-state index contributed by atoms with van der Waals surface area (Å²) < 4.78 is 9.46. The van der Waals surface area contributed by atoms with E-state index in [-0.39, 0.29) is 17.3 Å². The first kappa shape index (κ1) is 20.0. The van der Waals surface area contributed by atoms with Crippen LogP contribution in [0.3, 0.4) is 0 Å². The van der Waals surface area contributed by atoms with Crippen molar-refractivity contribution in [3.63, 3.8) is 0 Å². The molecule has 0 heterocycles. The van der Waals surface area contributed by atoms with Crippen molar-refractivity contribution in [3.8, 4) is 5.75 Å². The van der Waals surface area contributed by atoms with E-state index in [9.17, 15) is 14.7 Å². The molecule has 5 heteroatoms. The largest absolute Gasteiger partial charge is 0.507 e. The molecule has 22 heavy (non-hydrogen) atoms. The summed E-state index contributed by atoms with van der Waals surface area (Å²) in [6.45, 7) is 6.49. The zero-order valence-electron chi connectivity index (χ0n) is 13.6. The quantitative estimate of drug-likeness (QED) is 0.614. The highest BCUT2D eigenvalue weighted by atomic mass is 16.5. The number of esters is 2. The fourth-order valence-corrected chi connectivity index (χ4v) is 1.61. The van der Waals surface area contributed by atoms with Crippen LogP contribution in [-0.2, 0) is 14.3 Å². The van der Waals surface area contributed by atoms with Crippen LogP contribution in [0.5, 0.6) is 5.75 Å². The molecule has 0 radical (unpaired) electrons. The molecule has 0 bridgehead atoms. The van der Waals surface area contributed by atoms with Gasteiger partial charge < -0.3 is 14.6 Å². The smallest absolute Gasteiger partial charge is 0.341 e. The minimum atomic E-state index is -0.490. The number of hydrogen-bond donors (Lipinski definition) is 1. The Balaban J connectivity index is 0.000000409. The van der Waals surface area contributed by atoms with E-state index in [1.807, 2.05) is 6.92 Å². The summed E-state index contributed by atoms with van der Waals surface area (Å²) in [5.41, 5.74) is 0.208. The normalized spacial score (nSPS) is 9.41. The van der Waals surface area contributed by atoms with Gasteiger partial charge in [-0.25, -0.2) is 4.79 Å². The van der Waals surface area contributed by atoms with Gasteiger partial charge in [-0.3, -0.25) is 4.79 Å². The van der Waals surface area contributed by atoms with Gasteiger partial charge in [0.15, 0.2) is 0 Å². The van der Waals surface area contributed by atoms with Crippen molar-refractivity contribution in [2.24, 2.45) is 0 Å². The third kappa shape index (κ3) is 9.00. The lowest BCUT2D eigenvalue weighted by molar-refractivity contribution is -0.143. The van der Waals surface area contributed by atoms with Gasteiger partial charge in [-0.15, -0.1) is 0 Å². The number of unbranched alkanes of at least 4 members (excludes halogenated alkanes) is 2. The molecule has 0 amide bonds. The van der Waals surface area contributed by atoms with Gasteiger partial charge in [0.1, 0.15) is 11.3 Å². The minimum absolute atomic E-state index is 0.0454. The van der Waals surface area contributed by atoms with Crippen LogP contribution < -0.4 is 0 Å². The third-order valence-electron chi connectivity index (χ3n) is 2.69. The maximum absolute atomic E-state index is 11.1. The van der Waals surface area contributed by atoms with Crippen molar-refractivity contribution < 1.29 is 24.2 Å². The Bertz CT molecular complexity index is 442. The summed E-state index contributed by atoms with van der Waals surface area (Å²) in [5.74, 6) is -0.595. The summed E-state index contributed by atoms with van der Waals surface area (Å²) in [6.07, 6.45) is 3.83. The highest BCUT2D eigenvalue weighted by Gasteiger charge is 2.09. The first-order valence-electron chi connectivity index (χ1n) is 7.67. The molecule has 1 N–H and O–H groups in total. The monoisotopic (exact) mass is 310 g/mol. The van der Waals surface area contributed by atoms with Gasteiger partial charge in [-0.1, -0.05) is 31.9 Å². The summed E-state index contributed by atoms with van der Waals surface area (Å²) in [5, 5.41) is 9.21. The van der Waals surface area contributed by atoms with E-state index in [1.165, 1.54) is 12.1 Å². The standard InChI is InChI=1S/C9H10O3.C8H16O2/c1-2-12-9(11)7-5-3-4-6-8(7)10;1-3-5-6-7-8(9)10-4-2/h3-6,10H,2H2,1H3;3-7H2,1-2H3. The molecule has 0 aromatic heterocycles. The lowest BCUT2D eigenvalue weighted by Crippen LogP contribution is -2.04. The maximum atomic E-state index is 11.1. The molecule has 0 unspecified atom stereocenters. The van der Waals surface area contributed by atoms with Crippen molar-refractivity contribution in [3.05, 3.63) is 29.8 Å². The van der Waals surface area contributed by atoms with E-state index < -0.39 is 5.97 Å². The van der Waals surface area contributed by atoms with Gasteiger partial charge in [0.05, 0.1) is 13.2 Å². The average Bonchev–Trinajstić information content (AvgIpc) is 2.49. The van der Waals surface area contributed by atoms with Crippen LogP contribution in [0.4, 0.5) is 0 Å². The van der Waals surface area contributed by atoms with E-state index in [4.69, 9.17) is 9.47 Å². The number of phenols is 1. The van der Waals surface area contributed by atoms with E-state index in [0.29, 0.717) is 19.6 Å². The van der Waals surface area contributed by atoms with Gasteiger partial charge in [-0.2, -0.15) is 0 Å². The summed E-state index contributed by atoms with van der Waals surface area (Å²) in [4.78, 5) is 21.8. The van der Waals surface area contributed by atoms with Gasteiger partial charge in [0.2, 0.25) is 0 Å². The van der Waals surface area contributed by atoms with Crippen LogP contribution in [0.2, 0.25) is 0 Å². The first-order chi connectivity index (χ1) is 10.6.